The highest BCUT2D eigenvalue weighted by molar-refractivity contribution is 5.99. The van der Waals surface area contributed by atoms with Crippen molar-refractivity contribution >= 4 is 5.78 Å². The molecule has 0 spiro atoms. The van der Waals surface area contributed by atoms with Crippen molar-refractivity contribution < 1.29 is 15.0 Å². The lowest BCUT2D eigenvalue weighted by Gasteiger charge is -2.05. The summed E-state index contributed by atoms with van der Waals surface area (Å²) in [4.78, 5) is 12.0. The molecule has 0 aliphatic carbocycles. The van der Waals surface area contributed by atoms with Gasteiger partial charge in [-0.25, -0.2) is 0 Å². The molecule has 0 atom stereocenters. The van der Waals surface area contributed by atoms with Crippen molar-refractivity contribution in [2.24, 2.45) is 0 Å². The van der Waals surface area contributed by atoms with Crippen LogP contribution in [0.5, 0.6) is 11.5 Å². The number of Topliss-reactive ketones (excluding diaryl/α,β-unsaturated/α-hetero) is 1. The zero-order chi connectivity index (χ0) is 16.2. The van der Waals surface area contributed by atoms with Crippen LogP contribution in [0.1, 0.15) is 87.9 Å². The molecule has 0 aliphatic rings. The second-order valence-corrected chi connectivity index (χ2v) is 6.03. The largest absolute Gasteiger partial charge is 0.504 e. The van der Waals surface area contributed by atoms with Gasteiger partial charge in [-0.1, -0.05) is 70.8 Å². The number of carbonyl (C=O) groups excluding carboxylic acids is 1. The maximum atomic E-state index is 12.0. The Kier molecular flexibility index (Phi) is 9.36. The first-order valence-electron chi connectivity index (χ1n) is 8.71. The van der Waals surface area contributed by atoms with Crippen LogP contribution in [0.2, 0.25) is 0 Å². The molecular formula is C19H30O3. The first kappa shape index (κ1) is 18.5. The first-order valence-corrected chi connectivity index (χ1v) is 8.71. The molecule has 124 valence electrons. The number of hydrogen-bond acceptors (Lipinski definition) is 3. The zero-order valence-corrected chi connectivity index (χ0v) is 13.8. The second kappa shape index (κ2) is 11.1. The molecule has 0 aromatic heterocycles. The van der Waals surface area contributed by atoms with Crippen molar-refractivity contribution in [3.05, 3.63) is 23.8 Å². The van der Waals surface area contributed by atoms with Crippen molar-refractivity contribution in [3.8, 4) is 11.5 Å². The lowest BCUT2D eigenvalue weighted by atomic mass is 10.0. The number of aromatic hydroxyl groups is 2. The number of rotatable bonds is 12. The van der Waals surface area contributed by atoms with E-state index in [1.807, 2.05) is 0 Å². The van der Waals surface area contributed by atoms with E-state index in [2.05, 4.69) is 6.92 Å². The summed E-state index contributed by atoms with van der Waals surface area (Å²) in [6.07, 6.45) is 12.7. The van der Waals surface area contributed by atoms with E-state index >= 15 is 0 Å². The van der Waals surface area contributed by atoms with Gasteiger partial charge < -0.3 is 10.2 Å². The summed E-state index contributed by atoms with van der Waals surface area (Å²) in [5.41, 5.74) is 0.232. The fourth-order valence-electron chi connectivity index (χ4n) is 2.66. The van der Waals surface area contributed by atoms with Crippen molar-refractivity contribution in [1.29, 1.82) is 0 Å². The predicted octanol–water partition coefficient (Wildman–Crippen LogP) is 5.59. The number of para-hydroxylation sites is 1. The predicted molar refractivity (Wildman–Crippen MR) is 90.6 cm³/mol. The van der Waals surface area contributed by atoms with E-state index in [9.17, 15) is 15.0 Å². The molecular weight excluding hydrogens is 276 g/mol. The van der Waals surface area contributed by atoms with E-state index in [1.54, 1.807) is 12.1 Å². The maximum absolute atomic E-state index is 12.0. The molecule has 0 bridgehead atoms. The van der Waals surface area contributed by atoms with Gasteiger partial charge in [-0.2, -0.15) is 0 Å². The van der Waals surface area contributed by atoms with Gasteiger partial charge in [-0.3, -0.25) is 4.79 Å². The Hall–Kier alpha value is -1.51. The summed E-state index contributed by atoms with van der Waals surface area (Å²) in [6, 6.07) is 4.53. The number of hydrogen-bond donors (Lipinski definition) is 2. The quantitative estimate of drug-likeness (QED) is 0.300. The van der Waals surface area contributed by atoms with Gasteiger partial charge in [-0.05, 0) is 18.6 Å². The minimum absolute atomic E-state index is 0.0898. The number of phenols is 2. The van der Waals surface area contributed by atoms with Crippen molar-refractivity contribution in [3.63, 3.8) is 0 Å². The second-order valence-electron chi connectivity index (χ2n) is 6.03. The smallest absolute Gasteiger partial charge is 0.168 e. The molecule has 0 saturated carbocycles. The van der Waals surface area contributed by atoms with Gasteiger partial charge in [0.25, 0.3) is 0 Å². The van der Waals surface area contributed by atoms with Gasteiger partial charge in [0.05, 0.1) is 5.56 Å². The Balaban J connectivity index is 2.07. The Morgan fingerprint density at radius 3 is 2.00 bits per heavy atom. The molecule has 0 unspecified atom stereocenters. The molecule has 0 radical (unpaired) electrons. The highest BCUT2D eigenvalue weighted by Gasteiger charge is 2.13. The molecule has 1 rings (SSSR count). The van der Waals surface area contributed by atoms with Crippen molar-refractivity contribution in [2.45, 2.75) is 77.6 Å². The number of benzene rings is 1. The van der Waals surface area contributed by atoms with Crippen LogP contribution in [0.25, 0.3) is 0 Å². The lowest BCUT2D eigenvalue weighted by molar-refractivity contribution is 0.0976. The Morgan fingerprint density at radius 1 is 0.864 bits per heavy atom. The third-order valence-corrected chi connectivity index (χ3v) is 4.07. The molecule has 0 fully saturated rings. The van der Waals surface area contributed by atoms with Crippen LogP contribution in [0.4, 0.5) is 0 Å². The summed E-state index contributed by atoms with van der Waals surface area (Å²) < 4.78 is 0. The zero-order valence-electron chi connectivity index (χ0n) is 13.8. The normalized spacial score (nSPS) is 10.8. The molecule has 0 amide bonds. The average molecular weight is 306 g/mol. The third kappa shape index (κ3) is 6.97. The molecule has 0 aliphatic heterocycles. The molecule has 0 heterocycles. The lowest BCUT2D eigenvalue weighted by Crippen LogP contribution is -1.99. The molecule has 22 heavy (non-hydrogen) atoms. The Morgan fingerprint density at radius 2 is 1.41 bits per heavy atom. The van der Waals surface area contributed by atoms with Gasteiger partial charge in [0.1, 0.15) is 0 Å². The van der Waals surface area contributed by atoms with Gasteiger partial charge >= 0.3 is 0 Å². The number of unbranched alkanes of at least 4 members (excludes halogenated alkanes) is 9. The number of ketones is 1. The van der Waals surface area contributed by atoms with E-state index in [1.165, 1.54) is 57.4 Å². The third-order valence-electron chi connectivity index (χ3n) is 4.07. The fourth-order valence-corrected chi connectivity index (χ4v) is 2.66. The molecule has 3 heteroatoms. The summed E-state index contributed by atoms with van der Waals surface area (Å²) in [5, 5.41) is 19.1. The number of carbonyl (C=O) groups is 1. The fraction of sp³-hybridized carbons (Fsp3) is 0.632. The highest BCUT2D eigenvalue weighted by atomic mass is 16.3. The topological polar surface area (TPSA) is 57.5 Å². The monoisotopic (exact) mass is 306 g/mol. The molecule has 2 N–H and O–H groups in total. The van der Waals surface area contributed by atoms with E-state index in [4.69, 9.17) is 0 Å². The van der Waals surface area contributed by atoms with Crippen LogP contribution in [-0.4, -0.2) is 16.0 Å². The van der Waals surface area contributed by atoms with Crippen LogP contribution in [0, 0.1) is 0 Å². The Bertz CT molecular complexity index is 440. The minimum Gasteiger partial charge on any atom is -0.504 e. The summed E-state index contributed by atoms with van der Waals surface area (Å²) >= 11 is 0. The van der Waals surface area contributed by atoms with Crippen LogP contribution >= 0.6 is 0 Å². The Labute approximate surface area is 134 Å². The van der Waals surface area contributed by atoms with E-state index in [0.717, 1.165) is 12.8 Å². The van der Waals surface area contributed by atoms with Gasteiger partial charge in [0.2, 0.25) is 0 Å². The van der Waals surface area contributed by atoms with Gasteiger partial charge in [0.15, 0.2) is 17.3 Å². The van der Waals surface area contributed by atoms with Gasteiger partial charge in [-0.15, -0.1) is 0 Å². The molecule has 1 aromatic carbocycles. The minimum atomic E-state index is -0.292. The van der Waals surface area contributed by atoms with Crippen LogP contribution in [0.15, 0.2) is 18.2 Å². The molecule has 0 saturated heterocycles. The molecule has 3 nitrogen and oxygen atoms in total. The van der Waals surface area contributed by atoms with E-state index in [-0.39, 0.29) is 22.8 Å². The molecule has 1 aromatic rings. The maximum Gasteiger partial charge on any atom is 0.168 e. The average Bonchev–Trinajstić information content (AvgIpc) is 2.51. The van der Waals surface area contributed by atoms with Gasteiger partial charge in [0, 0.05) is 6.42 Å². The van der Waals surface area contributed by atoms with Crippen molar-refractivity contribution in [1.82, 2.24) is 0 Å². The SMILES string of the molecule is CCCCCCCCCCCCC(=O)c1cccc(O)c1O. The number of phenolic OH excluding ortho intramolecular Hbond substituents is 2. The van der Waals surface area contributed by atoms with E-state index in [0.29, 0.717) is 6.42 Å². The summed E-state index contributed by atoms with van der Waals surface area (Å²) in [7, 11) is 0. The van der Waals surface area contributed by atoms with Crippen LogP contribution in [0.3, 0.4) is 0 Å². The van der Waals surface area contributed by atoms with Crippen molar-refractivity contribution in [2.75, 3.05) is 0 Å². The summed E-state index contributed by atoms with van der Waals surface area (Å²) in [5.74, 6) is -0.610. The highest BCUT2D eigenvalue weighted by Crippen LogP contribution is 2.29. The standard InChI is InChI=1S/C19H30O3/c1-2-3-4-5-6-7-8-9-10-11-14-17(20)16-13-12-15-18(21)19(16)22/h12-13,15,21-22H,2-11,14H2,1H3. The van der Waals surface area contributed by atoms with E-state index < -0.39 is 0 Å². The first-order chi connectivity index (χ1) is 10.7. The van der Waals surface area contributed by atoms with Crippen LogP contribution in [-0.2, 0) is 0 Å². The van der Waals surface area contributed by atoms with Crippen LogP contribution < -0.4 is 0 Å². The summed E-state index contributed by atoms with van der Waals surface area (Å²) in [6.45, 7) is 2.23.